The zero-order valence-corrected chi connectivity index (χ0v) is 17.5. The number of thioether (sulfide) groups is 1. The number of thiophene rings is 1. The van der Waals surface area contributed by atoms with Crippen molar-refractivity contribution in [2.24, 2.45) is 0 Å². The lowest BCUT2D eigenvalue weighted by atomic mass is 9.94. The van der Waals surface area contributed by atoms with Crippen molar-refractivity contribution in [3.05, 3.63) is 44.2 Å². The third-order valence-electron chi connectivity index (χ3n) is 4.35. The van der Waals surface area contributed by atoms with E-state index in [1.54, 1.807) is 11.3 Å². The van der Waals surface area contributed by atoms with Gasteiger partial charge in [0, 0.05) is 27.1 Å². The Bertz CT molecular complexity index is 984. The summed E-state index contributed by atoms with van der Waals surface area (Å²) in [5, 5.41) is 2.89. The highest BCUT2D eigenvalue weighted by Gasteiger charge is 2.30. The second-order valence-electron chi connectivity index (χ2n) is 6.79. The summed E-state index contributed by atoms with van der Waals surface area (Å²) in [6.45, 7) is 4.78. The smallest absolute Gasteiger partial charge is 0.191 e. The van der Waals surface area contributed by atoms with E-state index in [1.165, 1.54) is 22.2 Å². The number of benzene rings is 1. The minimum atomic E-state index is -0.193. The Hall–Kier alpha value is -1.05. The average Bonchev–Trinajstić information content (AvgIpc) is 2.91. The van der Waals surface area contributed by atoms with Gasteiger partial charge in [-0.05, 0) is 37.1 Å². The molecule has 0 radical (unpaired) electrons. The molecule has 0 atom stereocenters. The van der Waals surface area contributed by atoms with Crippen molar-refractivity contribution in [2.45, 2.75) is 43.4 Å². The number of halogens is 2. The fourth-order valence-corrected chi connectivity index (χ4v) is 5.79. The van der Waals surface area contributed by atoms with Gasteiger partial charge >= 0.3 is 0 Å². The largest absolute Gasteiger partial charge is 0.383 e. The van der Waals surface area contributed by atoms with Crippen LogP contribution in [0.3, 0.4) is 0 Å². The Morgan fingerprint density at radius 2 is 2.00 bits per heavy atom. The zero-order valence-electron chi connectivity index (χ0n) is 14.3. The maximum atomic E-state index is 6.29. The van der Waals surface area contributed by atoms with Crippen LogP contribution in [0.5, 0.6) is 0 Å². The third kappa shape index (κ3) is 3.41. The summed E-state index contributed by atoms with van der Waals surface area (Å²) < 4.78 is 5.91. The van der Waals surface area contributed by atoms with Crippen molar-refractivity contribution < 1.29 is 4.74 Å². The predicted molar refractivity (Wildman–Crippen MR) is 110 cm³/mol. The summed E-state index contributed by atoms with van der Waals surface area (Å²) in [5.41, 5.74) is 8.20. The molecule has 2 N–H and O–H groups in total. The molecule has 0 saturated heterocycles. The number of hydrogen-bond donors (Lipinski definition) is 1. The number of anilines is 1. The second kappa shape index (κ2) is 6.84. The van der Waals surface area contributed by atoms with Crippen LogP contribution in [-0.2, 0) is 23.5 Å². The van der Waals surface area contributed by atoms with E-state index in [9.17, 15) is 0 Å². The first-order valence-corrected chi connectivity index (χ1v) is 10.7. The summed E-state index contributed by atoms with van der Waals surface area (Å²) in [4.78, 5) is 11.3. The number of rotatable bonds is 3. The summed E-state index contributed by atoms with van der Waals surface area (Å²) in [6, 6.07) is 5.49. The SMILES string of the molecule is CC1(C)Cc2c(sc3nc(SCc4c(Cl)cccc4Cl)nc(N)c23)CO1. The molecule has 8 heteroatoms. The molecule has 1 aliphatic rings. The van der Waals surface area contributed by atoms with Crippen LogP contribution in [0.1, 0.15) is 29.9 Å². The molecule has 1 aliphatic heterocycles. The van der Waals surface area contributed by atoms with E-state index in [2.05, 4.69) is 18.8 Å². The van der Waals surface area contributed by atoms with E-state index >= 15 is 0 Å². The molecule has 0 unspecified atom stereocenters. The molecule has 0 spiro atoms. The molecule has 0 aliphatic carbocycles. The normalized spacial score (nSPS) is 16.0. The lowest BCUT2D eigenvalue weighted by Gasteiger charge is -2.30. The predicted octanol–water partition coefficient (Wildman–Crippen LogP) is 5.72. The number of aromatic nitrogens is 2. The monoisotopic (exact) mass is 425 g/mol. The van der Waals surface area contributed by atoms with E-state index in [4.69, 9.17) is 38.7 Å². The van der Waals surface area contributed by atoms with Gasteiger partial charge in [-0.1, -0.05) is 41.0 Å². The molecular formula is C18H17Cl2N3OS2. The van der Waals surface area contributed by atoms with Crippen molar-refractivity contribution in [3.63, 3.8) is 0 Å². The number of nitrogen functional groups attached to an aromatic ring is 1. The zero-order chi connectivity index (χ0) is 18.5. The lowest BCUT2D eigenvalue weighted by Crippen LogP contribution is -2.31. The van der Waals surface area contributed by atoms with Crippen LogP contribution in [0.2, 0.25) is 10.0 Å². The highest BCUT2D eigenvalue weighted by atomic mass is 35.5. The first-order valence-electron chi connectivity index (χ1n) is 8.11. The van der Waals surface area contributed by atoms with Gasteiger partial charge in [-0.25, -0.2) is 9.97 Å². The number of nitrogens with two attached hydrogens (primary N) is 1. The number of fused-ring (bicyclic) bond motifs is 3. The van der Waals surface area contributed by atoms with Gasteiger partial charge in [0.2, 0.25) is 0 Å². The fourth-order valence-electron chi connectivity index (χ4n) is 3.02. The maximum Gasteiger partial charge on any atom is 0.191 e. The van der Waals surface area contributed by atoms with Crippen LogP contribution in [0.15, 0.2) is 23.4 Å². The molecule has 26 heavy (non-hydrogen) atoms. The average molecular weight is 426 g/mol. The minimum absolute atomic E-state index is 0.193. The van der Waals surface area contributed by atoms with Crippen LogP contribution >= 0.6 is 46.3 Å². The molecule has 4 rings (SSSR count). The van der Waals surface area contributed by atoms with Crippen molar-refractivity contribution in [3.8, 4) is 0 Å². The van der Waals surface area contributed by atoms with Crippen molar-refractivity contribution >= 4 is 62.3 Å². The van der Waals surface area contributed by atoms with Gasteiger partial charge in [0.25, 0.3) is 0 Å². The Kier molecular flexibility index (Phi) is 4.82. The summed E-state index contributed by atoms with van der Waals surface area (Å²) in [5.74, 6) is 1.11. The minimum Gasteiger partial charge on any atom is -0.383 e. The van der Waals surface area contributed by atoms with E-state index in [-0.39, 0.29) is 5.60 Å². The number of hydrogen-bond acceptors (Lipinski definition) is 6. The molecule has 0 amide bonds. The Morgan fingerprint density at radius 1 is 1.27 bits per heavy atom. The summed E-state index contributed by atoms with van der Waals surface area (Å²) >= 11 is 15.6. The van der Waals surface area contributed by atoms with Crippen LogP contribution in [0, 0.1) is 0 Å². The molecule has 3 heterocycles. The number of nitrogens with zero attached hydrogens (tertiary/aromatic N) is 2. The second-order valence-corrected chi connectivity index (χ2v) is 9.63. The highest BCUT2D eigenvalue weighted by molar-refractivity contribution is 7.98. The standard InChI is InChI=1S/C18H17Cl2N3OS2/c1-18(2)6-9-13(7-24-18)26-16-14(9)15(21)22-17(23-16)25-8-10-11(19)4-3-5-12(10)20/h3-5H,6-8H2,1-2H3,(H2,21,22,23). The molecule has 1 aromatic carbocycles. The van der Waals surface area contributed by atoms with Crippen LogP contribution in [-0.4, -0.2) is 15.6 Å². The molecular weight excluding hydrogens is 409 g/mol. The molecule has 0 saturated carbocycles. The van der Waals surface area contributed by atoms with Gasteiger partial charge in [-0.15, -0.1) is 11.3 Å². The van der Waals surface area contributed by atoms with Crippen molar-refractivity contribution in [1.82, 2.24) is 9.97 Å². The Labute approximate surface area is 170 Å². The van der Waals surface area contributed by atoms with Crippen LogP contribution in [0.25, 0.3) is 10.2 Å². The van der Waals surface area contributed by atoms with Crippen molar-refractivity contribution in [1.29, 1.82) is 0 Å². The highest BCUT2D eigenvalue weighted by Crippen LogP contribution is 2.41. The van der Waals surface area contributed by atoms with Crippen LogP contribution < -0.4 is 5.73 Å². The van der Waals surface area contributed by atoms with Gasteiger partial charge in [-0.3, -0.25) is 0 Å². The molecule has 0 fully saturated rings. The molecule has 3 aromatic rings. The molecule has 2 aromatic heterocycles. The topological polar surface area (TPSA) is 61.0 Å². The molecule has 136 valence electrons. The van der Waals surface area contributed by atoms with Gasteiger partial charge in [0.15, 0.2) is 5.16 Å². The Balaban J connectivity index is 1.66. The maximum absolute atomic E-state index is 6.29. The van der Waals surface area contributed by atoms with Crippen molar-refractivity contribution in [2.75, 3.05) is 5.73 Å². The Morgan fingerprint density at radius 3 is 2.73 bits per heavy atom. The lowest BCUT2D eigenvalue weighted by molar-refractivity contribution is -0.0379. The van der Waals surface area contributed by atoms with E-state index in [0.717, 1.165) is 22.2 Å². The number of ether oxygens (including phenoxy) is 1. The molecule has 0 bridgehead atoms. The first kappa shape index (κ1) is 18.3. The first-order chi connectivity index (χ1) is 12.3. The van der Waals surface area contributed by atoms with E-state index in [1.807, 2.05) is 18.2 Å². The summed E-state index contributed by atoms with van der Waals surface area (Å²) in [6.07, 6.45) is 0.817. The third-order valence-corrected chi connectivity index (χ3v) is 7.03. The summed E-state index contributed by atoms with van der Waals surface area (Å²) in [7, 11) is 0. The van der Waals surface area contributed by atoms with Gasteiger partial charge in [0.1, 0.15) is 10.6 Å². The van der Waals surface area contributed by atoms with Gasteiger partial charge in [0.05, 0.1) is 17.6 Å². The van der Waals surface area contributed by atoms with Crippen LogP contribution in [0.4, 0.5) is 5.82 Å². The van der Waals surface area contributed by atoms with Gasteiger partial charge in [-0.2, -0.15) is 0 Å². The van der Waals surface area contributed by atoms with E-state index in [0.29, 0.717) is 33.4 Å². The fraction of sp³-hybridized carbons (Fsp3) is 0.333. The quantitative estimate of drug-likeness (QED) is 0.429. The molecule has 4 nitrogen and oxygen atoms in total. The van der Waals surface area contributed by atoms with E-state index < -0.39 is 0 Å². The van der Waals surface area contributed by atoms with Gasteiger partial charge < -0.3 is 10.5 Å².